The van der Waals surface area contributed by atoms with Crippen LogP contribution >= 0.6 is 11.6 Å². The lowest BCUT2D eigenvalue weighted by Crippen LogP contribution is -2.52. The molecule has 0 saturated carbocycles. The van der Waals surface area contributed by atoms with Gasteiger partial charge < -0.3 is 4.84 Å². The summed E-state index contributed by atoms with van der Waals surface area (Å²) < 4.78 is 0. The van der Waals surface area contributed by atoms with Crippen LogP contribution in [0.2, 0.25) is 5.02 Å². The molecule has 0 radical (unpaired) electrons. The van der Waals surface area contributed by atoms with Gasteiger partial charge in [0.2, 0.25) is 0 Å². The van der Waals surface area contributed by atoms with E-state index in [0.29, 0.717) is 10.7 Å². The van der Waals surface area contributed by atoms with Crippen LogP contribution < -0.4 is 0 Å². The highest BCUT2D eigenvalue weighted by Crippen LogP contribution is 2.41. The second-order valence-electron chi connectivity index (χ2n) is 6.95. The molecule has 0 aliphatic carbocycles. The molecule has 2 unspecified atom stereocenters. The fourth-order valence-electron chi connectivity index (χ4n) is 3.68. The highest BCUT2D eigenvalue weighted by molar-refractivity contribution is 6.31. The zero-order valence-electron chi connectivity index (χ0n) is 15.0. The second kappa shape index (κ2) is 6.43. The molecule has 136 valence electrons. The number of halogens is 1. The summed E-state index contributed by atoms with van der Waals surface area (Å²) in [5, 5.41) is 13.2. The number of azo groups is 1. The van der Waals surface area contributed by atoms with E-state index in [1.165, 1.54) is 0 Å². The molecule has 2 atom stereocenters. The average molecular weight is 380 g/mol. The van der Waals surface area contributed by atoms with E-state index >= 15 is 0 Å². The number of rotatable bonds is 4. The standard InChI is InChI=1S/C21H18ClN3O2/c1-14-12-20(2,25-23-14)19(26)21(16-6-4-3-5-7-16)13-27-24-18(21)15-8-10-17(22)11-9-15/h3-12H,13H2,1-2H3. The van der Waals surface area contributed by atoms with Gasteiger partial charge in [0.15, 0.2) is 11.3 Å². The molecule has 0 saturated heterocycles. The normalized spacial score (nSPS) is 26.5. The molecule has 4 rings (SSSR count). The monoisotopic (exact) mass is 379 g/mol. The minimum atomic E-state index is -1.08. The van der Waals surface area contributed by atoms with Crippen molar-refractivity contribution in [1.82, 2.24) is 0 Å². The van der Waals surface area contributed by atoms with Gasteiger partial charge in [0.25, 0.3) is 0 Å². The van der Waals surface area contributed by atoms with E-state index in [4.69, 9.17) is 16.4 Å². The first-order valence-electron chi connectivity index (χ1n) is 8.65. The van der Waals surface area contributed by atoms with Crippen molar-refractivity contribution in [2.45, 2.75) is 24.8 Å². The van der Waals surface area contributed by atoms with E-state index in [0.717, 1.165) is 16.8 Å². The summed E-state index contributed by atoms with van der Waals surface area (Å²) in [6, 6.07) is 16.8. The van der Waals surface area contributed by atoms with Crippen molar-refractivity contribution < 1.29 is 9.63 Å². The number of benzene rings is 2. The van der Waals surface area contributed by atoms with Gasteiger partial charge in [-0.15, -0.1) is 0 Å². The summed E-state index contributed by atoms with van der Waals surface area (Å²) in [7, 11) is 0. The number of carbonyl (C=O) groups excluding carboxylic acids is 1. The van der Waals surface area contributed by atoms with Crippen molar-refractivity contribution in [3.63, 3.8) is 0 Å². The van der Waals surface area contributed by atoms with E-state index in [2.05, 4.69) is 15.4 Å². The van der Waals surface area contributed by atoms with Crippen molar-refractivity contribution in [3.05, 3.63) is 82.5 Å². The average Bonchev–Trinajstić information content (AvgIpc) is 3.27. The Hall–Kier alpha value is -2.79. The number of nitrogens with zero attached hydrogens (tertiary/aromatic N) is 3. The quantitative estimate of drug-likeness (QED) is 0.772. The lowest BCUT2D eigenvalue weighted by atomic mass is 9.67. The van der Waals surface area contributed by atoms with Crippen LogP contribution in [-0.2, 0) is 15.0 Å². The van der Waals surface area contributed by atoms with Crippen LogP contribution in [0.1, 0.15) is 25.0 Å². The van der Waals surface area contributed by atoms with Crippen LogP contribution in [0, 0.1) is 0 Å². The van der Waals surface area contributed by atoms with Crippen molar-refractivity contribution in [2.75, 3.05) is 6.61 Å². The Labute approximate surface area is 162 Å². The smallest absolute Gasteiger partial charge is 0.186 e. The maximum absolute atomic E-state index is 13.9. The SMILES string of the molecule is CC1=CC(C)(C(=O)C2(c3ccccc3)CON=C2c2ccc(Cl)cc2)N=N1. The highest BCUT2D eigenvalue weighted by Gasteiger charge is 2.56. The van der Waals surface area contributed by atoms with E-state index in [9.17, 15) is 4.79 Å². The molecule has 0 amide bonds. The van der Waals surface area contributed by atoms with E-state index < -0.39 is 11.0 Å². The van der Waals surface area contributed by atoms with Crippen LogP contribution in [0.5, 0.6) is 0 Å². The molecule has 2 aromatic carbocycles. The third kappa shape index (κ3) is 2.79. The van der Waals surface area contributed by atoms with Gasteiger partial charge in [0.05, 0.1) is 5.70 Å². The number of hydrogen-bond donors (Lipinski definition) is 0. The number of carbonyl (C=O) groups is 1. The third-order valence-electron chi connectivity index (χ3n) is 4.98. The van der Waals surface area contributed by atoms with Crippen LogP contribution in [0.4, 0.5) is 0 Å². The Kier molecular flexibility index (Phi) is 4.19. The lowest BCUT2D eigenvalue weighted by molar-refractivity contribution is -0.126. The second-order valence-corrected chi connectivity index (χ2v) is 7.39. The summed E-state index contributed by atoms with van der Waals surface area (Å²) in [6.45, 7) is 3.72. The molecule has 2 heterocycles. The van der Waals surface area contributed by atoms with Gasteiger partial charge in [-0.25, -0.2) is 0 Å². The summed E-state index contributed by atoms with van der Waals surface area (Å²) in [4.78, 5) is 19.4. The fraction of sp³-hybridized carbons (Fsp3) is 0.238. The Balaban J connectivity index is 1.90. The van der Waals surface area contributed by atoms with Crippen LogP contribution in [-0.4, -0.2) is 23.6 Å². The molecule has 6 heteroatoms. The molecule has 0 bridgehead atoms. The molecule has 2 aliphatic heterocycles. The van der Waals surface area contributed by atoms with Crippen molar-refractivity contribution in [2.24, 2.45) is 15.4 Å². The van der Waals surface area contributed by atoms with E-state index in [1.807, 2.05) is 49.4 Å². The molecule has 0 N–H and O–H groups in total. The molecular formula is C21H18ClN3O2. The zero-order chi connectivity index (χ0) is 19.1. The Bertz CT molecular complexity index is 982. The van der Waals surface area contributed by atoms with Gasteiger partial charge in [-0.05, 0) is 37.6 Å². The van der Waals surface area contributed by atoms with Crippen molar-refractivity contribution in [3.8, 4) is 0 Å². The number of allylic oxidation sites excluding steroid dienone is 1. The topological polar surface area (TPSA) is 63.4 Å². The highest BCUT2D eigenvalue weighted by atomic mass is 35.5. The van der Waals surface area contributed by atoms with Crippen molar-refractivity contribution >= 4 is 23.1 Å². The van der Waals surface area contributed by atoms with Crippen LogP contribution in [0.3, 0.4) is 0 Å². The van der Waals surface area contributed by atoms with Crippen LogP contribution in [0.25, 0.3) is 0 Å². The number of ketones is 1. The molecule has 5 nitrogen and oxygen atoms in total. The van der Waals surface area contributed by atoms with Gasteiger partial charge in [-0.2, -0.15) is 10.2 Å². The Morgan fingerprint density at radius 3 is 2.44 bits per heavy atom. The number of oxime groups is 1. The maximum atomic E-state index is 13.9. The molecule has 0 fully saturated rings. The molecule has 27 heavy (non-hydrogen) atoms. The van der Waals surface area contributed by atoms with Gasteiger partial charge in [-0.1, -0.05) is 59.2 Å². The number of hydrogen-bond acceptors (Lipinski definition) is 5. The van der Waals surface area contributed by atoms with Gasteiger partial charge >= 0.3 is 0 Å². The fourth-order valence-corrected chi connectivity index (χ4v) is 3.81. The van der Waals surface area contributed by atoms with E-state index in [-0.39, 0.29) is 12.4 Å². The Morgan fingerprint density at radius 2 is 1.81 bits per heavy atom. The summed E-state index contributed by atoms with van der Waals surface area (Å²) in [6.07, 6.45) is 1.79. The lowest BCUT2D eigenvalue weighted by Gasteiger charge is -2.32. The van der Waals surface area contributed by atoms with Gasteiger partial charge in [0.1, 0.15) is 17.7 Å². The molecule has 2 aliphatic rings. The molecule has 2 aromatic rings. The maximum Gasteiger partial charge on any atom is 0.186 e. The summed E-state index contributed by atoms with van der Waals surface area (Å²) >= 11 is 6.04. The van der Waals surface area contributed by atoms with E-state index in [1.54, 1.807) is 25.1 Å². The minimum Gasteiger partial charge on any atom is -0.394 e. The Morgan fingerprint density at radius 1 is 1.11 bits per heavy atom. The first-order chi connectivity index (χ1) is 13.0. The minimum absolute atomic E-state index is 0.117. The van der Waals surface area contributed by atoms with Crippen LogP contribution in [0.15, 0.2) is 81.8 Å². The third-order valence-corrected chi connectivity index (χ3v) is 5.23. The molecule has 0 aromatic heterocycles. The number of Topliss-reactive ketones (excluding diaryl/α,β-unsaturated/α-hetero) is 1. The summed E-state index contributed by atoms with van der Waals surface area (Å²) in [5.74, 6) is -0.118. The molecule has 0 spiro atoms. The molecular weight excluding hydrogens is 362 g/mol. The zero-order valence-corrected chi connectivity index (χ0v) is 15.8. The van der Waals surface area contributed by atoms with Gasteiger partial charge in [-0.3, -0.25) is 4.79 Å². The largest absolute Gasteiger partial charge is 0.394 e. The first-order valence-corrected chi connectivity index (χ1v) is 9.03. The van der Waals surface area contributed by atoms with Crippen molar-refractivity contribution in [1.29, 1.82) is 0 Å². The summed E-state index contributed by atoms with van der Waals surface area (Å²) in [5.41, 5.74) is 0.733. The predicted molar refractivity (Wildman–Crippen MR) is 104 cm³/mol. The first kappa shape index (κ1) is 17.6. The predicted octanol–water partition coefficient (Wildman–Crippen LogP) is 4.71. The van der Waals surface area contributed by atoms with Gasteiger partial charge in [0, 0.05) is 10.6 Å².